The molecular formula is C25H30BrFN2O3. The minimum Gasteiger partial charge on any atom is -0.484 e. The van der Waals surface area contributed by atoms with Crippen LogP contribution in [-0.4, -0.2) is 35.4 Å². The average molecular weight is 505 g/mol. The van der Waals surface area contributed by atoms with Crippen LogP contribution >= 0.6 is 15.9 Å². The van der Waals surface area contributed by atoms with Crippen LogP contribution in [0.15, 0.2) is 53.0 Å². The highest BCUT2D eigenvalue weighted by molar-refractivity contribution is 9.10. The summed E-state index contributed by atoms with van der Waals surface area (Å²) >= 11 is 3.37. The van der Waals surface area contributed by atoms with Crippen molar-refractivity contribution in [3.05, 3.63) is 64.4 Å². The summed E-state index contributed by atoms with van der Waals surface area (Å²) in [5, 5.41) is 3.14. The van der Waals surface area contributed by atoms with Gasteiger partial charge in [-0.05, 0) is 61.2 Å². The Hall–Kier alpha value is -2.41. The number of amides is 2. The van der Waals surface area contributed by atoms with Crippen molar-refractivity contribution in [2.75, 3.05) is 6.61 Å². The van der Waals surface area contributed by atoms with Crippen molar-refractivity contribution in [1.29, 1.82) is 0 Å². The van der Waals surface area contributed by atoms with Crippen LogP contribution in [0.3, 0.4) is 0 Å². The lowest BCUT2D eigenvalue weighted by Gasteiger charge is -2.32. The fraction of sp³-hybridized carbons (Fsp3) is 0.440. The van der Waals surface area contributed by atoms with Crippen molar-refractivity contribution in [3.63, 3.8) is 0 Å². The number of nitrogens with zero attached hydrogens (tertiary/aromatic N) is 1. The summed E-state index contributed by atoms with van der Waals surface area (Å²) in [7, 11) is 0. The van der Waals surface area contributed by atoms with Gasteiger partial charge < -0.3 is 15.0 Å². The van der Waals surface area contributed by atoms with Gasteiger partial charge >= 0.3 is 0 Å². The highest BCUT2D eigenvalue weighted by Crippen LogP contribution is 2.20. The van der Waals surface area contributed by atoms with Gasteiger partial charge in [0.25, 0.3) is 5.91 Å². The first-order valence-corrected chi connectivity index (χ1v) is 12.0. The minimum atomic E-state index is -0.622. The highest BCUT2D eigenvalue weighted by atomic mass is 79.9. The number of rotatable bonds is 9. The second-order valence-corrected chi connectivity index (χ2v) is 9.07. The van der Waals surface area contributed by atoms with Crippen LogP contribution in [0.25, 0.3) is 0 Å². The number of halogens is 2. The molecule has 1 atom stereocenters. The molecule has 1 N–H and O–H groups in total. The van der Waals surface area contributed by atoms with Crippen LogP contribution in [0.2, 0.25) is 0 Å². The van der Waals surface area contributed by atoms with E-state index in [1.54, 1.807) is 29.2 Å². The molecule has 172 valence electrons. The lowest BCUT2D eigenvalue weighted by molar-refractivity contribution is -0.143. The third-order valence-electron chi connectivity index (χ3n) is 5.78. The summed E-state index contributed by atoms with van der Waals surface area (Å²) in [6, 6.07) is 12.7. The number of benzene rings is 2. The summed E-state index contributed by atoms with van der Waals surface area (Å²) < 4.78 is 20.0. The molecule has 1 fully saturated rings. The molecule has 5 nitrogen and oxygen atoms in total. The Labute approximate surface area is 197 Å². The molecule has 0 saturated heterocycles. The van der Waals surface area contributed by atoms with Gasteiger partial charge in [-0.2, -0.15) is 0 Å². The van der Waals surface area contributed by atoms with E-state index in [2.05, 4.69) is 21.2 Å². The molecule has 2 amide bonds. The van der Waals surface area contributed by atoms with E-state index in [0.29, 0.717) is 12.2 Å². The van der Waals surface area contributed by atoms with Gasteiger partial charge in [0.05, 0.1) is 0 Å². The van der Waals surface area contributed by atoms with Crippen molar-refractivity contribution in [1.82, 2.24) is 10.2 Å². The number of hydrogen-bond acceptors (Lipinski definition) is 3. The number of carbonyl (C=O) groups excluding carboxylic acids is 2. The first-order valence-electron chi connectivity index (χ1n) is 11.2. The average Bonchev–Trinajstić information content (AvgIpc) is 2.80. The zero-order valence-corrected chi connectivity index (χ0v) is 19.9. The van der Waals surface area contributed by atoms with Crippen molar-refractivity contribution in [2.45, 2.75) is 64.1 Å². The molecule has 0 radical (unpaired) electrons. The van der Waals surface area contributed by atoms with E-state index in [9.17, 15) is 14.0 Å². The van der Waals surface area contributed by atoms with E-state index in [-0.39, 0.29) is 36.8 Å². The number of ether oxygens (including phenoxy) is 1. The molecule has 2 aromatic rings. The lowest BCUT2D eigenvalue weighted by atomic mass is 9.95. The van der Waals surface area contributed by atoms with E-state index in [1.165, 1.54) is 18.6 Å². The Balaban J connectivity index is 1.73. The molecule has 1 aliphatic carbocycles. The van der Waals surface area contributed by atoms with Crippen LogP contribution < -0.4 is 10.1 Å². The van der Waals surface area contributed by atoms with Gasteiger partial charge in [0.1, 0.15) is 17.6 Å². The molecule has 7 heteroatoms. The predicted molar refractivity (Wildman–Crippen MR) is 126 cm³/mol. The maximum atomic E-state index is 13.4. The van der Waals surface area contributed by atoms with Gasteiger partial charge in [0.2, 0.25) is 5.91 Å². The van der Waals surface area contributed by atoms with E-state index in [1.807, 2.05) is 19.1 Å². The number of hydrogen-bond donors (Lipinski definition) is 1. The van der Waals surface area contributed by atoms with Gasteiger partial charge in [0.15, 0.2) is 6.61 Å². The summed E-state index contributed by atoms with van der Waals surface area (Å²) in [4.78, 5) is 27.9. The molecule has 0 aliphatic heterocycles. The summed E-state index contributed by atoms with van der Waals surface area (Å²) in [5.41, 5.74) is 0.757. The molecule has 1 aliphatic rings. The van der Waals surface area contributed by atoms with Crippen LogP contribution in [-0.2, 0) is 16.1 Å². The van der Waals surface area contributed by atoms with Gasteiger partial charge in [-0.3, -0.25) is 9.59 Å². The third-order valence-corrected chi connectivity index (χ3v) is 6.31. The van der Waals surface area contributed by atoms with Gasteiger partial charge in [-0.15, -0.1) is 0 Å². The van der Waals surface area contributed by atoms with Crippen molar-refractivity contribution < 1.29 is 18.7 Å². The third kappa shape index (κ3) is 7.05. The minimum absolute atomic E-state index is 0.140. The van der Waals surface area contributed by atoms with Gasteiger partial charge in [-0.1, -0.05) is 54.2 Å². The first kappa shape index (κ1) is 24.2. The Kier molecular flexibility index (Phi) is 9.09. The van der Waals surface area contributed by atoms with Crippen LogP contribution in [0.5, 0.6) is 5.75 Å². The molecule has 2 aromatic carbocycles. The Morgan fingerprint density at radius 2 is 1.75 bits per heavy atom. The second kappa shape index (κ2) is 12.0. The highest BCUT2D eigenvalue weighted by Gasteiger charge is 2.30. The molecule has 0 unspecified atom stereocenters. The van der Waals surface area contributed by atoms with E-state index >= 15 is 0 Å². The molecular weight excluding hydrogens is 475 g/mol. The smallest absolute Gasteiger partial charge is 0.261 e. The zero-order valence-electron chi connectivity index (χ0n) is 18.4. The number of nitrogens with one attached hydrogen (secondary N) is 1. The van der Waals surface area contributed by atoms with Crippen molar-refractivity contribution in [2.24, 2.45) is 0 Å². The van der Waals surface area contributed by atoms with Crippen molar-refractivity contribution >= 4 is 27.7 Å². The lowest BCUT2D eigenvalue weighted by Crippen LogP contribution is -2.52. The molecule has 32 heavy (non-hydrogen) atoms. The van der Waals surface area contributed by atoms with E-state index in [0.717, 1.165) is 35.7 Å². The topological polar surface area (TPSA) is 58.6 Å². The molecule has 0 aromatic heterocycles. The molecule has 3 rings (SSSR count). The summed E-state index contributed by atoms with van der Waals surface area (Å²) in [6.45, 7) is 1.92. The quantitative estimate of drug-likeness (QED) is 0.508. The predicted octanol–water partition coefficient (Wildman–Crippen LogP) is 5.22. The summed E-state index contributed by atoms with van der Waals surface area (Å²) in [5.74, 6) is -0.198. The normalized spacial score (nSPS) is 15.1. The van der Waals surface area contributed by atoms with Gasteiger partial charge in [-0.25, -0.2) is 4.39 Å². The largest absolute Gasteiger partial charge is 0.484 e. The maximum absolute atomic E-state index is 13.4. The van der Waals surface area contributed by atoms with E-state index in [4.69, 9.17) is 4.74 Å². The Morgan fingerprint density at radius 3 is 2.38 bits per heavy atom. The second-order valence-electron chi connectivity index (χ2n) is 8.16. The number of carbonyl (C=O) groups is 2. The molecule has 0 bridgehead atoms. The molecule has 1 saturated carbocycles. The fourth-order valence-electron chi connectivity index (χ4n) is 4.01. The molecule has 0 heterocycles. The molecule has 0 spiro atoms. The Bertz CT molecular complexity index is 883. The zero-order chi connectivity index (χ0) is 22.9. The van der Waals surface area contributed by atoms with Crippen molar-refractivity contribution in [3.8, 4) is 5.75 Å². The first-order chi connectivity index (χ1) is 15.5. The van der Waals surface area contributed by atoms with Crippen LogP contribution in [0.1, 0.15) is 51.0 Å². The van der Waals surface area contributed by atoms with Gasteiger partial charge in [0, 0.05) is 17.1 Å². The SMILES string of the molecule is CC[C@H](C(=O)NC1CCCCC1)N(Cc1ccc(F)cc1)C(=O)COc1ccc(Br)cc1. The van der Waals surface area contributed by atoms with Crippen LogP contribution in [0.4, 0.5) is 4.39 Å². The Morgan fingerprint density at radius 1 is 1.09 bits per heavy atom. The summed E-state index contributed by atoms with van der Waals surface area (Å²) in [6.07, 6.45) is 5.85. The fourth-order valence-corrected chi connectivity index (χ4v) is 4.27. The van der Waals surface area contributed by atoms with E-state index < -0.39 is 6.04 Å². The maximum Gasteiger partial charge on any atom is 0.261 e. The monoisotopic (exact) mass is 504 g/mol. The van der Waals surface area contributed by atoms with Crippen LogP contribution in [0, 0.1) is 5.82 Å². The standard InChI is InChI=1S/C25H30BrFN2O3/c1-2-23(25(31)28-21-6-4-3-5-7-21)29(16-18-8-12-20(27)13-9-18)24(30)17-32-22-14-10-19(26)11-15-22/h8-15,21,23H,2-7,16-17H2,1H3,(H,28,31)/t23-/m1/s1.